The summed E-state index contributed by atoms with van der Waals surface area (Å²) in [7, 11) is 0. The van der Waals surface area contributed by atoms with E-state index in [0.29, 0.717) is 12.8 Å². The van der Waals surface area contributed by atoms with Crippen molar-refractivity contribution in [2.24, 2.45) is 17.6 Å². The second-order valence-electron chi connectivity index (χ2n) is 5.62. The maximum Gasteiger partial charge on any atom is 0.324 e. The topological polar surface area (TPSA) is 101 Å². The number of carboxylic acid groups (broad SMARTS) is 2. The van der Waals surface area contributed by atoms with E-state index in [4.69, 9.17) is 10.8 Å². The molecule has 5 heteroatoms. The average Bonchev–Trinajstić information content (AvgIpc) is 3.18. The van der Waals surface area contributed by atoms with E-state index in [2.05, 4.69) is 0 Å². The molecule has 1 saturated carbocycles. The van der Waals surface area contributed by atoms with Crippen molar-refractivity contribution in [3.05, 3.63) is 35.4 Å². The molecule has 0 amide bonds. The molecule has 2 rings (SSSR count). The van der Waals surface area contributed by atoms with Crippen LogP contribution in [0, 0.1) is 18.8 Å². The van der Waals surface area contributed by atoms with Crippen LogP contribution in [-0.2, 0) is 16.0 Å². The minimum Gasteiger partial charge on any atom is -0.481 e. The second kappa shape index (κ2) is 5.25. The number of benzene rings is 1. The normalized spacial score (nSPS) is 23.9. The van der Waals surface area contributed by atoms with Gasteiger partial charge in [-0.1, -0.05) is 29.8 Å². The Hall–Kier alpha value is -1.88. The first-order chi connectivity index (χ1) is 9.34. The molecule has 108 valence electrons. The van der Waals surface area contributed by atoms with Gasteiger partial charge in [-0.15, -0.1) is 0 Å². The standard InChI is InChI=1S/C15H19NO4/c1-9-2-4-10(5-3-9)6-7-15(16,14(19)20)12-8-11(12)13(17)18/h2-5,11-12H,6-8,16H2,1H3,(H,17,18)(H,19,20)/t11-,12?,15+/m0/s1. The predicted molar refractivity (Wildman–Crippen MR) is 73.3 cm³/mol. The van der Waals surface area contributed by atoms with Crippen LogP contribution in [0.15, 0.2) is 24.3 Å². The van der Waals surface area contributed by atoms with Crippen LogP contribution in [0.4, 0.5) is 0 Å². The Morgan fingerprint density at radius 1 is 1.30 bits per heavy atom. The molecule has 1 unspecified atom stereocenters. The average molecular weight is 277 g/mol. The summed E-state index contributed by atoms with van der Waals surface area (Å²) in [5.41, 5.74) is 6.69. The van der Waals surface area contributed by atoms with Crippen LogP contribution in [0.25, 0.3) is 0 Å². The van der Waals surface area contributed by atoms with Crippen LogP contribution in [0.3, 0.4) is 0 Å². The lowest BCUT2D eigenvalue weighted by molar-refractivity contribution is -0.145. The lowest BCUT2D eigenvalue weighted by Crippen LogP contribution is -2.51. The van der Waals surface area contributed by atoms with Gasteiger partial charge in [-0.05, 0) is 31.7 Å². The summed E-state index contributed by atoms with van der Waals surface area (Å²) >= 11 is 0. The highest BCUT2D eigenvalue weighted by atomic mass is 16.4. The molecule has 0 radical (unpaired) electrons. The van der Waals surface area contributed by atoms with E-state index < -0.39 is 29.3 Å². The highest BCUT2D eigenvalue weighted by Gasteiger charge is 2.57. The van der Waals surface area contributed by atoms with Gasteiger partial charge in [0.15, 0.2) is 0 Å². The minimum atomic E-state index is -1.45. The van der Waals surface area contributed by atoms with Gasteiger partial charge < -0.3 is 15.9 Å². The number of carboxylic acids is 2. The zero-order chi connectivity index (χ0) is 14.9. The smallest absolute Gasteiger partial charge is 0.324 e. The van der Waals surface area contributed by atoms with Crippen molar-refractivity contribution in [1.29, 1.82) is 0 Å². The molecule has 3 atom stereocenters. The number of carbonyl (C=O) groups is 2. The number of aliphatic carboxylic acids is 2. The van der Waals surface area contributed by atoms with Crippen molar-refractivity contribution < 1.29 is 19.8 Å². The molecule has 0 saturated heterocycles. The molecule has 0 aromatic heterocycles. The Bertz CT molecular complexity index is 525. The highest BCUT2D eigenvalue weighted by molar-refractivity contribution is 5.83. The molecular formula is C15H19NO4. The van der Waals surface area contributed by atoms with Gasteiger partial charge in [-0.25, -0.2) is 0 Å². The van der Waals surface area contributed by atoms with Gasteiger partial charge in [0.25, 0.3) is 0 Å². The molecule has 0 bridgehead atoms. The van der Waals surface area contributed by atoms with E-state index in [1.54, 1.807) is 0 Å². The van der Waals surface area contributed by atoms with Crippen molar-refractivity contribution in [2.75, 3.05) is 0 Å². The van der Waals surface area contributed by atoms with Gasteiger partial charge in [-0.2, -0.15) is 0 Å². The molecule has 4 N–H and O–H groups in total. The second-order valence-corrected chi connectivity index (χ2v) is 5.62. The fourth-order valence-electron chi connectivity index (χ4n) is 2.59. The van der Waals surface area contributed by atoms with Crippen molar-refractivity contribution in [3.8, 4) is 0 Å². The fraction of sp³-hybridized carbons (Fsp3) is 0.467. The first-order valence-corrected chi connectivity index (χ1v) is 6.65. The van der Waals surface area contributed by atoms with Crippen molar-refractivity contribution in [2.45, 2.75) is 31.7 Å². The molecule has 1 fully saturated rings. The fourth-order valence-corrected chi connectivity index (χ4v) is 2.59. The Morgan fingerprint density at radius 3 is 2.35 bits per heavy atom. The highest BCUT2D eigenvalue weighted by Crippen LogP contribution is 2.47. The molecule has 0 aliphatic heterocycles. The predicted octanol–water partition coefficient (Wildman–Crippen LogP) is 1.43. The van der Waals surface area contributed by atoms with Gasteiger partial charge in [0.05, 0.1) is 5.92 Å². The summed E-state index contributed by atoms with van der Waals surface area (Å²) in [6.45, 7) is 1.98. The summed E-state index contributed by atoms with van der Waals surface area (Å²) < 4.78 is 0. The first-order valence-electron chi connectivity index (χ1n) is 6.65. The van der Waals surface area contributed by atoms with E-state index in [-0.39, 0.29) is 6.42 Å². The van der Waals surface area contributed by atoms with E-state index in [1.165, 1.54) is 0 Å². The van der Waals surface area contributed by atoms with E-state index in [1.807, 2.05) is 31.2 Å². The van der Waals surface area contributed by atoms with Crippen molar-refractivity contribution in [1.82, 2.24) is 0 Å². The summed E-state index contributed by atoms with van der Waals surface area (Å²) in [6.07, 6.45) is 1.14. The van der Waals surface area contributed by atoms with Gasteiger partial charge in [-0.3, -0.25) is 9.59 Å². The Morgan fingerprint density at radius 2 is 1.90 bits per heavy atom. The van der Waals surface area contributed by atoms with Crippen LogP contribution in [0.5, 0.6) is 0 Å². The molecule has 5 nitrogen and oxygen atoms in total. The van der Waals surface area contributed by atoms with Crippen LogP contribution in [0.2, 0.25) is 0 Å². The van der Waals surface area contributed by atoms with Gasteiger partial charge >= 0.3 is 11.9 Å². The van der Waals surface area contributed by atoms with Crippen LogP contribution < -0.4 is 5.73 Å². The Balaban J connectivity index is 2.05. The number of hydrogen-bond acceptors (Lipinski definition) is 3. The molecule has 1 aliphatic carbocycles. The van der Waals surface area contributed by atoms with Crippen molar-refractivity contribution >= 4 is 11.9 Å². The third kappa shape index (κ3) is 2.82. The monoisotopic (exact) mass is 277 g/mol. The van der Waals surface area contributed by atoms with Gasteiger partial charge in [0, 0.05) is 5.92 Å². The summed E-state index contributed by atoms with van der Waals surface area (Å²) in [5, 5.41) is 18.3. The first kappa shape index (κ1) is 14.5. The van der Waals surface area contributed by atoms with E-state index in [0.717, 1.165) is 11.1 Å². The van der Waals surface area contributed by atoms with E-state index in [9.17, 15) is 14.7 Å². The largest absolute Gasteiger partial charge is 0.481 e. The Labute approximate surface area is 117 Å². The molecule has 0 spiro atoms. The van der Waals surface area contributed by atoms with Crippen LogP contribution in [-0.4, -0.2) is 27.7 Å². The maximum atomic E-state index is 11.4. The number of rotatable bonds is 6. The summed E-state index contributed by atoms with van der Waals surface area (Å²) in [5.74, 6) is -3.16. The zero-order valence-corrected chi connectivity index (χ0v) is 11.4. The SMILES string of the molecule is Cc1ccc(CC[C@](N)(C(=O)O)C2C[C@@H]2C(=O)O)cc1. The molecule has 1 aliphatic rings. The summed E-state index contributed by atoms with van der Waals surface area (Å²) in [4.78, 5) is 22.3. The van der Waals surface area contributed by atoms with Crippen molar-refractivity contribution in [3.63, 3.8) is 0 Å². The van der Waals surface area contributed by atoms with Gasteiger partial charge in [0.1, 0.15) is 5.54 Å². The van der Waals surface area contributed by atoms with Crippen LogP contribution >= 0.6 is 0 Å². The quantitative estimate of drug-likeness (QED) is 0.730. The molecular weight excluding hydrogens is 258 g/mol. The third-order valence-corrected chi connectivity index (χ3v) is 4.12. The third-order valence-electron chi connectivity index (χ3n) is 4.12. The number of nitrogens with two attached hydrogens (primary N) is 1. The lowest BCUT2D eigenvalue weighted by Gasteiger charge is -2.25. The maximum absolute atomic E-state index is 11.4. The number of aryl methyl sites for hydroxylation is 2. The molecule has 0 heterocycles. The molecule has 1 aromatic rings. The molecule has 20 heavy (non-hydrogen) atoms. The number of hydrogen-bond donors (Lipinski definition) is 3. The molecule has 1 aromatic carbocycles. The minimum absolute atomic E-state index is 0.250. The zero-order valence-electron chi connectivity index (χ0n) is 11.4. The summed E-state index contributed by atoms with van der Waals surface area (Å²) in [6, 6.07) is 7.81. The lowest BCUT2D eigenvalue weighted by atomic mass is 9.86. The van der Waals surface area contributed by atoms with Crippen LogP contribution in [0.1, 0.15) is 24.0 Å². The Kier molecular flexibility index (Phi) is 3.81. The van der Waals surface area contributed by atoms with Gasteiger partial charge in [0.2, 0.25) is 0 Å². The van der Waals surface area contributed by atoms with E-state index >= 15 is 0 Å².